The molecule has 2 aromatic rings. The average Bonchev–Trinajstić information content (AvgIpc) is 2.57. The van der Waals surface area contributed by atoms with E-state index in [1.54, 1.807) is 19.1 Å². The van der Waals surface area contributed by atoms with Crippen molar-refractivity contribution >= 4 is 0 Å². The number of aromatic nitrogens is 2. The van der Waals surface area contributed by atoms with Crippen LogP contribution >= 0.6 is 0 Å². The monoisotopic (exact) mass is 192 g/mol. The molecule has 72 valence electrons. The van der Waals surface area contributed by atoms with Gasteiger partial charge in [-0.15, -0.1) is 0 Å². The van der Waals surface area contributed by atoms with Gasteiger partial charge in [0.2, 0.25) is 0 Å². The Morgan fingerprint density at radius 2 is 2.07 bits per heavy atom. The van der Waals surface area contributed by atoms with E-state index in [9.17, 15) is 10.2 Å². The number of hydrogen-bond donors (Lipinski definition) is 2. The van der Waals surface area contributed by atoms with Crippen LogP contribution in [0.25, 0.3) is 11.5 Å². The summed E-state index contributed by atoms with van der Waals surface area (Å²) >= 11 is 0. The van der Waals surface area contributed by atoms with Crippen molar-refractivity contribution in [2.45, 2.75) is 6.92 Å². The van der Waals surface area contributed by atoms with Gasteiger partial charge in [0.05, 0.1) is 5.56 Å². The maximum absolute atomic E-state index is 9.48. The Balaban J connectivity index is 2.57. The fraction of sp³-hybridized carbons (Fsp3) is 0.111. The van der Waals surface area contributed by atoms with Crippen molar-refractivity contribution in [1.82, 2.24) is 10.1 Å². The van der Waals surface area contributed by atoms with E-state index < -0.39 is 0 Å². The normalized spacial score (nSPS) is 10.4. The van der Waals surface area contributed by atoms with E-state index in [2.05, 4.69) is 10.1 Å². The number of rotatable bonds is 1. The predicted molar refractivity (Wildman–Crippen MR) is 47.8 cm³/mol. The third-order valence-electron chi connectivity index (χ3n) is 1.77. The summed E-state index contributed by atoms with van der Waals surface area (Å²) in [6.07, 6.45) is 0. The second-order valence-corrected chi connectivity index (χ2v) is 2.82. The number of para-hydroxylation sites is 1. The average molecular weight is 192 g/mol. The number of nitrogens with zero attached hydrogens (tertiary/aromatic N) is 2. The highest BCUT2D eigenvalue weighted by Crippen LogP contribution is 2.34. The van der Waals surface area contributed by atoms with Crippen molar-refractivity contribution in [1.29, 1.82) is 0 Å². The SMILES string of the molecule is Cc1noc(-c2cccc(O)c2O)n1. The summed E-state index contributed by atoms with van der Waals surface area (Å²) in [4.78, 5) is 3.93. The molecule has 1 aromatic heterocycles. The number of phenols is 2. The van der Waals surface area contributed by atoms with Gasteiger partial charge in [-0.05, 0) is 19.1 Å². The number of aryl methyl sites for hydroxylation is 1. The second-order valence-electron chi connectivity index (χ2n) is 2.82. The molecule has 0 bridgehead atoms. The van der Waals surface area contributed by atoms with Gasteiger partial charge in [-0.25, -0.2) is 0 Å². The van der Waals surface area contributed by atoms with Gasteiger partial charge in [0.25, 0.3) is 5.89 Å². The maximum Gasteiger partial charge on any atom is 0.261 e. The summed E-state index contributed by atoms with van der Waals surface area (Å²) in [5.41, 5.74) is 0.325. The predicted octanol–water partition coefficient (Wildman–Crippen LogP) is 1.46. The standard InChI is InChI=1S/C9H8N2O3/c1-5-10-9(14-11-5)6-3-2-4-7(12)8(6)13/h2-4,12-13H,1H3. The Morgan fingerprint density at radius 1 is 1.29 bits per heavy atom. The summed E-state index contributed by atoms with van der Waals surface area (Å²) in [7, 11) is 0. The largest absolute Gasteiger partial charge is 0.504 e. The summed E-state index contributed by atoms with van der Waals surface area (Å²) in [6.45, 7) is 1.67. The highest BCUT2D eigenvalue weighted by atomic mass is 16.5. The molecule has 0 aliphatic carbocycles. The smallest absolute Gasteiger partial charge is 0.261 e. The van der Waals surface area contributed by atoms with Crippen molar-refractivity contribution in [3.63, 3.8) is 0 Å². The quantitative estimate of drug-likeness (QED) is 0.668. The van der Waals surface area contributed by atoms with Crippen LogP contribution in [0.3, 0.4) is 0 Å². The first-order valence-corrected chi connectivity index (χ1v) is 4.00. The molecule has 0 atom stereocenters. The minimum Gasteiger partial charge on any atom is -0.504 e. The van der Waals surface area contributed by atoms with Crippen molar-refractivity contribution in [2.24, 2.45) is 0 Å². The van der Waals surface area contributed by atoms with Gasteiger partial charge in [-0.2, -0.15) is 4.98 Å². The molecule has 2 rings (SSSR count). The Hall–Kier alpha value is -2.04. The van der Waals surface area contributed by atoms with Crippen LogP contribution in [0.15, 0.2) is 22.7 Å². The molecular formula is C9H8N2O3. The van der Waals surface area contributed by atoms with Crippen LogP contribution in [0.2, 0.25) is 0 Å². The summed E-state index contributed by atoms with van der Waals surface area (Å²) in [5.74, 6) is 0.202. The zero-order chi connectivity index (χ0) is 10.1. The van der Waals surface area contributed by atoms with Crippen molar-refractivity contribution in [3.05, 3.63) is 24.0 Å². The first-order chi connectivity index (χ1) is 6.68. The summed E-state index contributed by atoms with van der Waals surface area (Å²) in [6, 6.07) is 4.55. The third kappa shape index (κ3) is 1.28. The van der Waals surface area contributed by atoms with E-state index in [-0.39, 0.29) is 17.4 Å². The third-order valence-corrected chi connectivity index (χ3v) is 1.77. The zero-order valence-corrected chi connectivity index (χ0v) is 7.43. The topological polar surface area (TPSA) is 79.4 Å². The van der Waals surface area contributed by atoms with Gasteiger partial charge < -0.3 is 14.7 Å². The van der Waals surface area contributed by atoms with Crippen LogP contribution in [0.4, 0.5) is 0 Å². The highest BCUT2D eigenvalue weighted by Gasteiger charge is 2.13. The minimum atomic E-state index is -0.254. The Labute approximate surface area is 79.6 Å². The van der Waals surface area contributed by atoms with Gasteiger partial charge in [-0.1, -0.05) is 11.2 Å². The number of phenolic OH excluding ortho intramolecular Hbond substituents is 2. The van der Waals surface area contributed by atoms with E-state index in [1.165, 1.54) is 6.07 Å². The molecule has 0 aliphatic heterocycles. The molecule has 0 amide bonds. The number of aromatic hydroxyl groups is 2. The highest BCUT2D eigenvalue weighted by molar-refractivity contribution is 5.66. The Kier molecular flexibility index (Phi) is 1.85. The van der Waals surface area contributed by atoms with Gasteiger partial charge >= 0.3 is 0 Å². The number of benzene rings is 1. The summed E-state index contributed by atoms with van der Waals surface area (Å²) < 4.78 is 4.85. The van der Waals surface area contributed by atoms with Gasteiger partial charge in [0, 0.05) is 0 Å². The van der Waals surface area contributed by atoms with E-state index in [0.717, 1.165) is 0 Å². The lowest BCUT2D eigenvalue weighted by atomic mass is 10.2. The van der Waals surface area contributed by atoms with Crippen LogP contribution in [0, 0.1) is 6.92 Å². The fourth-order valence-electron chi connectivity index (χ4n) is 1.11. The Bertz CT molecular complexity index is 465. The van der Waals surface area contributed by atoms with Crippen molar-refractivity contribution < 1.29 is 14.7 Å². The van der Waals surface area contributed by atoms with Crippen molar-refractivity contribution in [3.8, 4) is 23.0 Å². The van der Waals surface area contributed by atoms with Gasteiger partial charge in [0.1, 0.15) is 0 Å². The van der Waals surface area contributed by atoms with Crippen LogP contribution in [0.1, 0.15) is 5.82 Å². The molecule has 0 radical (unpaired) electrons. The Morgan fingerprint density at radius 3 is 2.71 bits per heavy atom. The maximum atomic E-state index is 9.48. The first-order valence-electron chi connectivity index (χ1n) is 4.00. The molecule has 1 aromatic carbocycles. The van der Waals surface area contributed by atoms with E-state index >= 15 is 0 Å². The van der Waals surface area contributed by atoms with Crippen LogP contribution in [-0.4, -0.2) is 20.4 Å². The molecule has 1 heterocycles. The van der Waals surface area contributed by atoms with Crippen molar-refractivity contribution in [2.75, 3.05) is 0 Å². The molecule has 2 N–H and O–H groups in total. The zero-order valence-electron chi connectivity index (χ0n) is 7.43. The van der Waals surface area contributed by atoms with Crippen LogP contribution < -0.4 is 0 Å². The first kappa shape index (κ1) is 8.55. The molecule has 0 spiro atoms. The molecule has 5 heteroatoms. The molecule has 0 unspecified atom stereocenters. The molecule has 0 saturated heterocycles. The summed E-state index contributed by atoms with van der Waals surface area (Å²) in [5, 5.41) is 22.3. The molecular weight excluding hydrogens is 184 g/mol. The number of hydrogen-bond acceptors (Lipinski definition) is 5. The van der Waals surface area contributed by atoms with Gasteiger partial charge in [0.15, 0.2) is 17.3 Å². The van der Waals surface area contributed by atoms with E-state index in [0.29, 0.717) is 11.4 Å². The molecule has 14 heavy (non-hydrogen) atoms. The van der Waals surface area contributed by atoms with Gasteiger partial charge in [-0.3, -0.25) is 0 Å². The van der Waals surface area contributed by atoms with Crippen LogP contribution in [-0.2, 0) is 0 Å². The molecule has 0 saturated carbocycles. The molecule has 5 nitrogen and oxygen atoms in total. The van der Waals surface area contributed by atoms with Crippen LogP contribution in [0.5, 0.6) is 11.5 Å². The molecule has 0 fully saturated rings. The second kappa shape index (κ2) is 3.02. The van der Waals surface area contributed by atoms with E-state index in [1.807, 2.05) is 0 Å². The lowest BCUT2D eigenvalue weighted by Gasteiger charge is -2.00. The fourth-order valence-corrected chi connectivity index (χ4v) is 1.11. The minimum absolute atomic E-state index is 0.191. The lowest BCUT2D eigenvalue weighted by Crippen LogP contribution is -1.79. The van der Waals surface area contributed by atoms with E-state index in [4.69, 9.17) is 4.52 Å². The lowest BCUT2D eigenvalue weighted by molar-refractivity contribution is 0.396. The molecule has 0 aliphatic rings.